The second kappa shape index (κ2) is 7.31. The first-order chi connectivity index (χ1) is 11.3. The average molecular weight is 347 g/mol. The molecule has 24 heavy (non-hydrogen) atoms. The fraction of sp³-hybridized carbons (Fsp3) is 0.235. The molecule has 1 heterocycles. The Morgan fingerprint density at radius 1 is 1.29 bits per heavy atom. The first-order valence-electron chi connectivity index (χ1n) is 7.38. The molecule has 126 valence electrons. The van der Waals surface area contributed by atoms with Gasteiger partial charge in [-0.3, -0.25) is 14.3 Å². The third-order valence-corrected chi connectivity index (χ3v) is 3.78. The lowest BCUT2D eigenvalue weighted by Crippen LogP contribution is -2.25. The van der Waals surface area contributed by atoms with Gasteiger partial charge in [0.1, 0.15) is 6.04 Å². The molecule has 0 saturated carbocycles. The van der Waals surface area contributed by atoms with E-state index in [1.165, 1.54) is 6.08 Å². The Hall–Kier alpha value is -2.60. The highest BCUT2D eigenvalue weighted by molar-refractivity contribution is 6.34. The van der Waals surface area contributed by atoms with Crippen LogP contribution >= 0.6 is 11.6 Å². The quantitative estimate of drug-likeness (QED) is 0.814. The molecule has 2 amide bonds. The highest BCUT2D eigenvalue weighted by atomic mass is 35.5. The topological polar surface area (TPSA) is 76.0 Å². The summed E-state index contributed by atoms with van der Waals surface area (Å²) in [5.74, 6) is -0.563. The molecule has 0 bridgehead atoms. The Kier molecular flexibility index (Phi) is 5.41. The average Bonchev–Trinajstić information content (AvgIpc) is 2.87. The van der Waals surface area contributed by atoms with E-state index < -0.39 is 6.04 Å². The summed E-state index contributed by atoms with van der Waals surface area (Å²) in [5, 5.41) is 10.0. The summed E-state index contributed by atoms with van der Waals surface area (Å²) in [5.41, 5.74) is 2.75. The van der Waals surface area contributed by atoms with E-state index in [4.69, 9.17) is 11.6 Å². The maximum Gasteiger partial charge on any atom is 0.248 e. The summed E-state index contributed by atoms with van der Waals surface area (Å²) in [6, 6.07) is 6.28. The zero-order valence-corrected chi connectivity index (χ0v) is 14.5. The molecule has 0 aliphatic carbocycles. The molecular weight excluding hydrogens is 328 g/mol. The molecule has 0 aliphatic heterocycles. The lowest BCUT2D eigenvalue weighted by molar-refractivity contribution is -0.119. The van der Waals surface area contributed by atoms with Crippen molar-refractivity contribution in [2.75, 3.05) is 10.6 Å². The van der Waals surface area contributed by atoms with Crippen LogP contribution in [-0.2, 0) is 9.59 Å². The van der Waals surface area contributed by atoms with E-state index in [-0.39, 0.29) is 11.8 Å². The van der Waals surface area contributed by atoms with Crippen molar-refractivity contribution in [2.24, 2.45) is 0 Å². The molecule has 0 saturated heterocycles. The second-order valence-electron chi connectivity index (χ2n) is 5.42. The van der Waals surface area contributed by atoms with Crippen LogP contribution in [0.15, 0.2) is 36.9 Å². The number of carbonyl (C=O) groups excluding carboxylic acids is 2. The van der Waals surface area contributed by atoms with Gasteiger partial charge in [0.2, 0.25) is 11.8 Å². The van der Waals surface area contributed by atoms with Crippen LogP contribution in [0.4, 0.5) is 11.4 Å². The van der Waals surface area contributed by atoms with Crippen LogP contribution in [0.3, 0.4) is 0 Å². The van der Waals surface area contributed by atoms with Crippen molar-refractivity contribution < 1.29 is 9.59 Å². The van der Waals surface area contributed by atoms with Crippen LogP contribution in [0, 0.1) is 13.8 Å². The van der Waals surface area contributed by atoms with E-state index in [0.717, 1.165) is 11.4 Å². The molecule has 1 aromatic heterocycles. The molecule has 7 heteroatoms. The second-order valence-corrected chi connectivity index (χ2v) is 5.83. The summed E-state index contributed by atoms with van der Waals surface area (Å²) >= 11 is 6.17. The Bertz CT molecular complexity index is 798. The van der Waals surface area contributed by atoms with Gasteiger partial charge in [-0.2, -0.15) is 5.10 Å². The molecule has 0 aliphatic rings. The van der Waals surface area contributed by atoms with Crippen molar-refractivity contribution in [3.63, 3.8) is 0 Å². The van der Waals surface area contributed by atoms with E-state index in [1.807, 2.05) is 19.9 Å². The highest BCUT2D eigenvalue weighted by Crippen LogP contribution is 2.26. The summed E-state index contributed by atoms with van der Waals surface area (Å²) in [7, 11) is 0. The van der Waals surface area contributed by atoms with Crippen LogP contribution in [0.25, 0.3) is 0 Å². The number of rotatable bonds is 5. The number of nitrogens with one attached hydrogen (secondary N) is 2. The number of anilines is 2. The number of nitrogens with zero attached hydrogens (tertiary/aromatic N) is 2. The molecule has 2 rings (SSSR count). The normalized spacial score (nSPS) is 11.7. The summed E-state index contributed by atoms with van der Waals surface area (Å²) in [4.78, 5) is 23.7. The van der Waals surface area contributed by atoms with Gasteiger partial charge in [-0.1, -0.05) is 18.2 Å². The lowest BCUT2D eigenvalue weighted by Gasteiger charge is -2.15. The Morgan fingerprint density at radius 3 is 2.54 bits per heavy atom. The summed E-state index contributed by atoms with van der Waals surface area (Å²) in [6.45, 7) is 8.92. The Labute approximate surface area is 145 Å². The summed E-state index contributed by atoms with van der Waals surface area (Å²) in [6.07, 6.45) is 1.17. The van der Waals surface area contributed by atoms with Gasteiger partial charge < -0.3 is 10.6 Å². The molecule has 6 nitrogen and oxygen atoms in total. The van der Waals surface area contributed by atoms with Crippen LogP contribution < -0.4 is 10.6 Å². The minimum atomic E-state index is -0.477. The Morgan fingerprint density at radius 2 is 2.00 bits per heavy atom. The van der Waals surface area contributed by atoms with E-state index in [1.54, 1.807) is 29.8 Å². The standard InChI is InChI=1S/C17H19ClN4O2/c1-5-16(23)19-13-6-7-15(14(18)9-13)20-17(24)12(4)22-11(3)8-10(2)21-22/h5-9,12H,1H2,2-4H3,(H,19,23)(H,20,24). The van der Waals surface area contributed by atoms with Gasteiger partial charge in [0.05, 0.1) is 16.4 Å². The molecule has 1 aromatic carbocycles. The number of aryl methyl sites for hydroxylation is 2. The predicted molar refractivity (Wildman–Crippen MR) is 95.3 cm³/mol. The van der Waals surface area contributed by atoms with Gasteiger partial charge in [0, 0.05) is 11.4 Å². The first kappa shape index (κ1) is 17.7. The van der Waals surface area contributed by atoms with Crippen LogP contribution in [0.2, 0.25) is 5.02 Å². The maximum atomic E-state index is 12.4. The number of hydrogen-bond acceptors (Lipinski definition) is 3. The summed E-state index contributed by atoms with van der Waals surface area (Å²) < 4.78 is 1.66. The largest absolute Gasteiger partial charge is 0.323 e. The van der Waals surface area contributed by atoms with E-state index in [9.17, 15) is 9.59 Å². The van der Waals surface area contributed by atoms with Crippen molar-refractivity contribution in [3.05, 3.63) is 53.3 Å². The van der Waals surface area contributed by atoms with Gasteiger partial charge in [0.15, 0.2) is 0 Å². The number of halogens is 1. The van der Waals surface area contributed by atoms with Crippen LogP contribution in [-0.4, -0.2) is 21.6 Å². The minimum absolute atomic E-state index is 0.231. The van der Waals surface area contributed by atoms with E-state index >= 15 is 0 Å². The third kappa shape index (κ3) is 4.02. The number of amides is 2. The predicted octanol–water partition coefficient (Wildman–Crippen LogP) is 3.48. The molecule has 0 spiro atoms. The SMILES string of the molecule is C=CC(=O)Nc1ccc(NC(=O)C(C)n2nc(C)cc2C)c(Cl)c1. The van der Waals surface area contributed by atoms with Crippen molar-refractivity contribution in [2.45, 2.75) is 26.8 Å². The van der Waals surface area contributed by atoms with Gasteiger partial charge >= 0.3 is 0 Å². The number of hydrogen-bond donors (Lipinski definition) is 2. The van der Waals surface area contributed by atoms with Crippen molar-refractivity contribution in [1.82, 2.24) is 9.78 Å². The molecule has 0 fully saturated rings. The van der Waals surface area contributed by atoms with Crippen LogP contribution in [0.5, 0.6) is 0 Å². The van der Waals surface area contributed by atoms with Crippen LogP contribution in [0.1, 0.15) is 24.4 Å². The molecule has 1 unspecified atom stereocenters. The number of aromatic nitrogens is 2. The Balaban J connectivity index is 2.12. The molecule has 2 N–H and O–H groups in total. The van der Waals surface area contributed by atoms with Gasteiger partial charge in [-0.15, -0.1) is 0 Å². The zero-order chi connectivity index (χ0) is 17.9. The fourth-order valence-corrected chi connectivity index (χ4v) is 2.50. The monoisotopic (exact) mass is 346 g/mol. The van der Waals surface area contributed by atoms with Crippen molar-refractivity contribution >= 4 is 34.8 Å². The van der Waals surface area contributed by atoms with E-state index in [0.29, 0.717) is 16.4 Å². The first-order valence-corrected chi connectivity index (χ1v) is 7.76. The maximum absolute atomic E-state index is 12.4. The third-order valence-electron chi connectivity index (χ3n) is 3.47. The zero-order valence-electron chi connectivity index (χ0n) is 13.8. The van der Waals surface area contributed by atoms with Gasteiger partial charge in [-0.05, 0) is 51.1 Å². The molecule has 0 radical (unpaired) electrons. The molecule has 2 aromatic rings. The number of carbonyl (C=O) groups is 2. The molecular formula is C17H19ClN4O2. The van der Waals surface area contributed by atoms with E-state index in [2.05, 4.69) is 22.3 Å². The molecule has 1 atom stereocenters. The smallest absolute Gasteiger partial charge is 0.248 e. The highest BCUT2D eigenvalue weighted by Gasteiger charge is 2.19. The lowest BCUT2D eigenvalue weighted by atomic mass is 10.2. The van der Waals surface area contributed by atoms with Gasteiger partial charge in [0.25, 0.3) is 0 Å². The fourth-order valence-electron chi connectivity index (χ4n) is 2.27. The van der Waals surface area contributed by atoms with Crippen molar-refractivity contribution in [3.8, 4) is 0 Å². The minimum Gasteiger partial charge on any atom is -0.323 e. The number of benzene rings is 1. The van der Waals surface area contributed by atoms with Crippen molar-refractivity contribution in [1.29, 1.82) is 0 Å². The van der Waals surface area contributed by atoms with Gasteiger partial charge in [-0.25, -0.2) is 0 Å².